The predicted molar refractivity (Wildman–Crippen MR) is 80.9 cm³/mol. The van der Waals surface area contributed by atoms with Gasteiger partial charge in [-0.15, -0.1) is 10.2 Å². The van der Waals surface area contributed by atoms with Gasteiger partial charge in [-0.1, -0.05) is 18.2 Å². The number of hydrogen-bond acceptors (Lipinski definition) is 5. The van der Waals surface area contributed by atoms with Crippen LogP contribution in [0.2, 0.25) is 0 Å². The first-order valence-corrected chi connectivity index (χ1v) is 6.57. The monoisotopic (exact) mass is 292 g/mol. The van der Waals surface area contributed by atoms with Gasteiger partial charge in [0.15, 0.2) is 0 Å². The minimum atomic E-state index is -0.383. The number of rotatable bonds is 4. The molecule has 3 aromatic rings. The maximum atomic E-state index is 11.9. The second-order valence-corrected chi connectivity index (χ2v) is 4.41. The van der Waals surface area contributed by atoms with E-state index in [1.54, 1.807) is 42.6 Å². The van der Waals surface area contributed by atoms with Gasteiger partial charge in [0.2, 0.25) is 0 Å². The number of hydrogen-bond donors (Lipinski definition) is 0. The highest BCUT2D eigenvalue weighted by Gasteiger charge is 2.07. The maximum absolute atomic E-state index is 11.9. The van der Waals surface area contributed by atoms with E-state index < -0.39 is 0 Å². The summed E-state index contributed by atoms with van der Waals surface area (Å²) in [4.78, 5) is 11.9. The van der Waals surface area contributed by atoms with E-state index in [2.05, 4.69) is 15.3 Å². The molecule has 0 aliphatic rings. The zero-order valence-corrected chi connectivity index (χ0v) is 11.5. The molecule has 0 aliphatic carbocycles. The summed E-state index contributed by atoms with van der Waals surface area (Å²) in [6.45, 7) is 0. The van der Waals surface area contributed by atoms with Crippen LogP contribution in [-0.2, 0) is 0 Å². The SMILES string of the molecule is O=C(Oc1ccc(/C=N\n2cnnc2)cc1)c1ccccc1. The summed E-state index contributed by atoms with van der Waals surface area (Å²) in [5.74, 6) is 0.0989. The Bertz CT molecular complexity index is 766. The van der Waals surface area contributed by atoms with Crippen molar-refractivity contribution in [3.63, 3.8) is 0 Å². The first-order chi connectivity index (χ1) is 10.8. The molecule has 0 amide bonds. The molecule has 0 atom stereocenters. The van der Waals surface area contributed by atoms with Gasteiger partial charge in [0.05, 0.1) is 11.8 Å². The third kappa shape index (κ3) is 3.43. The molecule has 108 valence electrons. The van der Waals surface area contributed by atoms with Crippen molar-refractivity contribution >= 4 is 12.2 Å². The third-order valence-electron chi connectivity index (χ3n) is 2.85. The number of esters is 1. The fraction of sp³-hybridized carbons (Fsp3) is 0. The van der Waals surface area contributed by atoms with Crippen molar-refractivity contribution in [3.8, 4) is 5.75 Å². The van der Waals surface area contributed by atoms with Gasteiger partial charge in [0.25, 0.3) is 0 Å². The standard InChI is InChI=1S/C16H12N4O2/c21-16(14-4-2-1-3-5-14)22-15-8-6-13(7-9-15)10-19-20-11-17-18-12-20/h1-12H/b19-10-. The highest BCUT2D eigenvalue weighted by molar-refractivity contribution is 5.91. The van der Waals surface area contributed by atoms with Crippen LogP contribution >= 0.6 is 0 Å². The summed E-state index contributed by atoms with van der Waals surface area (Å²) in [6, 6.07) is 15.9. The minimum Gasteiger partial charge on any atom is -0.423 e. The molecule has 1 aromatic heterocycles. The lowest BCUT2D eigenvalue weighted by Gasteiger charge is -2.04. The van der Waals surface area contributed by atoms with Crippen molar-refractivity contribution in [1.82, 2.24) is 14.9 Å². The highest BCUT2D eigenvalue weighted by atomic mass is 16.5. The summed E-state index contributed by atoms with van der Waals surface area (Å²) in [7, 11) is 0. The summed E-state index contributed by atoms with van der Waals surface area (Å²) in [6.07, 6.45) is 4.64. The van der Waals surface area contributed by atoms with Crippen LogP contribution in [0.4, 0.5) is 0 Å². The van der Waals surface area contributed by atoms with E-state index in [4.69, 9.17) is 4.74 Å². The van der Waals surface area contributed by atoms with Gasteiger partial charge in [-0.3, -0.25) is 0 Å². The molecule has 22 heavy (non-hydrogen) atoms. The van der Waals surface area contributed by atoms with Gasteiger partial charge < -0.3 is 4.74 Å². The van der Waals surface area contributed by atoms with Gasteiger partial charge in [-0.2, -0.15) is 5.10 Å². The molecule has 6 nitrogen and oxygen atoms in total. The number of carbonyl (C=O) groups is 1. The van der Waals surface area contributed by atoms with Crippen molar-refractivity contribution in [2.24, 2.45) is 5.10 Å². The Kier molecular flexibility index (Phi) is 4.01. The molecule has 2 aromatic carbocycles. The van der Waals surface area contributed by atoms with Crippen molar-refractivity contribution in [2.45, 2.75) is 0 Å². The Morgan fingerprint density at radius 2 is 1.68 bits per heavy atom. The van der Waals surface area contributed by atoms with Gasteiger partial charge in [-0.25, -0.2) is 9.47 Å². The highest BCUT2D eigenvalue weighted by Crippen LogP contribution is 2.13. The van der Waals surface area contributed by atoms with Crippen molar-refractivity contribution in [2.75, 3.05) is 0 Å². The molecule has 0 radical (unpaired) electrons. The smallest absolute Gasteiger partial charge is 0.343 e. The van der Waals surface area contributed by atoms with Crippen LogP contribution in [0.3, 0.4) is 0 Å². The molecule has 0 saturated heterocycles. The largest absolute Gasteiger partial charge is 0.423 e. The maximum Gasteiger partial charge on any atom is 0.343 e. The molecule has 0 saturated carbocycles. The third-order valence-corrected chi connectivity index (χ3v) is 2.85. The lowest BCUT2D eigenvalue weighted by Crippen LogP contribution is -2.08. The lowest BCUT2D eigenvalue weighted by molar-refractivity contribution is 0.0735. The summed E-state index contributed by atoms with van der Waals surface area (Å²) in [5.41, 5.74) is 1.38. The zero-order valence-electron chi connectivity index (χ0n) is 11.5. The predicted octanol–water partition coefficient (Wildman–Crippen LogP) is 2.38. The molecule has 0 bridgehead atoms. The fourth-order valence-electron chi connectivity index (χ4n) is 1.75. The minimum absolute atomic E-state index is 0.383. The molecular formula is C16H12N4O2. The van der Waals surface area contributed by atoms with Gasteiger partial charge >= 0.3 is 5.97 Å². The molecule has 0 N–H and O–H groups in total. The summed E-state index contributed by atoms with van der Waals surface area (Å²) in [5, 5.41) is 11.4. The molecule has 6 heteroatoms. The first kappa shape index (κ1) is 13.7. The second kappa shape index (κ2) is 6.45. The molecular weight excluding hydrogens is 280 g/mol. The average molecular weight is 292 g/mol. The van der Waals surface area contributed by atoms with Crippen molar-refractivity contribution < 1.29 is 9.53 Å². The topological polar surface area (TPSA) is 69.4 Å². The Morgan fingerprint density at radius 3 is 2.36 bits per heavy atom. The van der Waals surface area contributed by atoms with E-state index in [0.717, 1.165) is 5.56 Å². The van der Waals surface area contributed by atoms with Gasteiger partial charge in [0.1, 0.15) is 18.4 Å². The Labute approximate surface area is 126 Å². The first-order valence-electron chi connectivity index (χ1n) is 6.57. The van der Waals surface area contributed by atoms with E-state index in [-0.39, 0.29) is 5.97 Å². The normalized spacial score (nSPS) is 10.7. The summed E-state index contributed by atoms with van der Waals surface area (Å²) >= 11 is 0. The van der Waals surface area contributed by atoms with Crippen LogP contribution in [0.25, 0.3) is 0 Å². The number of nitrogens with zero attached hydrogens (tertiary/aromatic N) is 4. The molecule has 0 unspecified atom stereocenters. The quantitative estimate of drug-likeness (QED) is 0.420. The Hall–Kier alpha value is -3.28. The number of carbonyl (C=O) groups excluding carboxylic acids is 1. The van der Waals surface area contributed by atoms with Crippen LogP contribution < -0.4 is 4.74 Å². The van der Waals surface area contributed by atoms with E-state index in [9.17, 15) is 4.79 Å². The van der Waals surface area contributed by atoms with Crippen molar-refractivity contribution in [3.05, 3.63) is 78.4 Å². The zero-order chi connectivity index (χ0) is 15.2. The lowest BCUT2D eigenvalue weighted by atomic mass is 10.2. The van der Waals surface area contributed by atoms with Crippen LogP contribution in [0, 0.1) is 0 Å². The second-order valence-electron chi connectivity index (χ2n) is 4.41. The molecule has 0 spiro atoms. The average Bonchev–Trinajstić information content (AvgIpc) is 3.08. The Morgan fingerprint density at radius 1 is 1.00 bits per heavy atom. The molecule has 3 rings (SSSR count). The Balaban J connectivity index is 1.65. The van der Waals surface area contributed by atoms with Crippen LogP contribution in [-0.4, -0.2) is 27.1 Å². The van der Waals surface area contributed by atoms with E-state index in [1.165, 1.54) is 17.3 Å². The van der Waals surface area contributed by atoms with E-state index in [0.29, 0.717) is 11.3 Å². The molecule has 0 fully saturated rings. The van der Waals surface area contributed by atoms with E-state index >= 15 is 0 Å². The molecule has 0 aliphatic heterocycles. The number of aromatic nitrogens is 3. The number of ether oxygens (including phenoxy) is 1. The van der Waals surface area contributed by atoms with Crippen molar-refractivity contribution in [1.29, 1.82) is 0 Å². The van der Waals surface area contributed by atoms with E-state index in [1.807, 2.05) is 18.2 Å². The fourth-order valence-corrected chi connectivity index (χ4v) is 1.75. The summed E-state index contributed by atoms with van der Waals surface area (Å²) < 4.78 is 6.79. The van der Waals surface area contributed by atoms with Gasteiger partial charge in [0, 0.05) is 0 Å². The van der Waals surface area contributed by atoms with Crippen LogP contribution in [0.5, 0.6) is 5.75 Å². The number of benzene rings is 2. The van der Waals surface area contributed by atoms with Crippen LogP contribution in [0.15, 0.2) is 72.4 Å². The van der Waals surface area contributed by atoms with Crippen LogP contribution in [0.1, 0.15) is 15.9 Å². The molecule has 1 heterocycles. The van der Waals surface area contributed by atoms with Gasteiger partial charge in [-0.05, 0) is 42.0 Å².